The number of fused-ring (bicyclic) bond motifs is 3. The van der Waals surface area contributed by atoms with Gasteiger partial charge in [-0.3, -0.25) is 0 Å². The van der Waals surface area contributed by atoms with Gasteiger partial charge in [-0.05, 0) is 24.7 Å². The van der Waals surface area contributed by atoms with Crippen LogP contribution in [0, 0.1) is 17.3 Å². The first-order valence-corrected chi connectivity index (χ1v) is 8.49. The van der Waals surface area contributed by atoms with Crippen LogP contribution in [-0.4, -0.2) is 25.6 Å². The van der Waals surface area contributed by atoms with Crippen molar-refractivity contribution >= 4 is 7.49 Å². The van der Waals surface area contributed by atoms with Crippen molar-refractivity contribution in [3.63, 3.8) is 0 Å². The molecule has 0 spiro atoms. The van der Waals surface area contributed by atoms with Gasteiger partial charge in [0.05, 0.1) is 25.6 Å². The molecule has 0 saturated carbocycles. The molecule has 3 fully saturated rings. The van der Waals surface area contributed by atoms with Crippen LogP contribution in [0.15, 0.2) is 0 Å². The number of hydrogen-bond acceptors (Lipinski definition) is 1. The summed E-state index contributed by atoms with van der Waals surface area (Å²) in [6, 6.07) is 0. The molecule has 1 unspecified atom stereocenters. The van der Waals surface area contributed by atoms with E-state index in [1.165, 1.54) is 25.2 Å². The minimum absolute atomic E-state index is 0.548. The van der Waals surface area contributed by atoms with E-state index in [9.17, 15) is 0 Å². The fraction of sp³-hybridized carbons (Fsp3) is 1.00. The molecule has 0 radical (unpaired) electrons. The first-order chi connectivity index (χ1) is 6.48. The summed E-state index contributed by atoms with van der Waals surface area (Å²) < 4.78 is 6.15. The van der Waals surface area contributed by atoms with E-state index in [4.69, 9.17) is 4.52 Å². The Morgan fingerprint density at radius 1 is 1.14 bits per heavy atom. The maximum absolute atomic E-state index is 6.15. The van der Waals surface area contributed by atoms with E-state index < -0.39 is 7.49 Å². The van der Waals surface area contributed by atoms with Crippen LogP contribution in [0.1, 0.15) is 33.6 Å². The lowest BCUT2D eigenvalue weighted by atomic mass is 9.68. The Labute approximate surface area is 89.0 Å². The Balaban J connectivity index is 2.12. The Morgan fingerprint density at radius 2 is 1.71 bits per heavy atom. The summed E-state index contributed by atoms with van der Waals surface area (Å²) in [5.41, 5.74) is 0.548. The van der Waals surface area contributed by atoms with Gasteiger partial charge in [0.15, 0.2) is 0 Å². The molecule has 1 atom stereocenters. The fourth-order valence-corrected chi connectivity index (χ4v) is 5.89. The molecule has 0 aromatic carbocycles. The summed E-state index contributed by atoms with van der Waals surface area (Å²) in [6.07, 6.45) is 5.67. The van der Waals surface area contributed by atoms with Gasteiger partial charge in [0.25, 0.3) is 0 Å². The second-order valence-corrected chi connectivity index (χ2v) is 9.66. The van der Waals surface area contributed by atoms with E-state index in [1.54, 1.807) is 0 Å². The van der Waals surface area contributed by atoms with Gasteiger partial charge in [-0.1, -0.05) is 20.8 Å². The van der Waals surface area contributed by atoms with Gasteiger partial charge >= 0.3 is 0 Å². The molecule has 0 amide bonds. The third kappa shape index (κ3) is 1.63. The summed E-state index contributed by atoms with van der Waals surface area (Å²) in [7, 11) is -0.891. The van der Waals surface area contributed by atoms with E-state index in [1.807, 2.05) is 0 Å². The quantitative estimate of drug-likeness (QED) is 0.639. The van der Waals surface area contributed by atoms with Gasteiger partial charge in [-0.15, -0.1) is 0 Å². The predicted octanol–water partition coefficient (Wildman–Crippen LogP) is 3.65. The highest BCUT2D eigenvalue weighted by atomic mass is 31.2. The molecule has 3 aliphatic heterocycles. The van der Waals surface area contributed by atoms with Crippen molar-refractivity contribution in [3.05, 3.63) is 0 Å². The molecule has 0 aromatic rings. The monoisotopic (exact) mass is 215 g/mol. The van der Waals surface area contributed by atoms with Crippen LogP contribution in [-0.2, 0) is 4.52 Å². The molecular weight excluding hydrogens is 191 g/mol. The summed E-state index contributed by atoms with van der Waals surface area (Å²) in [5.74, 6) is 1.64. The third-order valence-electron chi connectivity index (χ3n) is 4.80. The van der Waals surface area contributed by atoms with E-state index in [-0.39, 0.29) is 0 Å². The summed E-state index contributed by atoms with van der Waals surface area (Å²) in [5, 5.41) is 0. The highest BCUT2D eigenvalue weighted by Gasteiger charge is 2.55. The maximum atomic E-state index is 6.15. The smallest absolute Gasteiger partial charge is 0.142 e. The average molecular weight is 215 g/mol. The van der Waals surface area contributed by atoms with Gasteiger partial charge in [-0.2, -0.15) is 0 Å². The molecule has 0 N–H and O–H groups in total. The van der Waals surface area contributed by atoms with Gasteiger partial charge in [0, 0.05) is 5.41 Å². The van der Waals surface area contributed by atoms with Crippen molar-refractivity contribution in [3.8, 4) is 0 Å². The molecule has 0 aromatic heterocycles. The molecule has 2 heteroatoms. The molecule has 3 saturated heterocycles. The van der Waals surface area contributed by atoms with E-state index in [2.05, 4.69) is 27.4 Å². The van der Waals surface area contributed by atoms with E-state index >= 15 is 0 Å². The lowest BCUT2D eigenvalue weighted by Gasteiger charge is -2.50. The van der Waals surface area contributed by atoms with Crippen molar-refractivity contribution in [2.75, 3.05) is 25.6 Å². The van der Waals surface area contributed by atoms with Crippen LogP contribution >= 0.6 is 7.49 Å². The Bertz CT molecular complexity index is 200. The third-order valence-corrected chi connectivity index (χ3v) is 7.89. The highest BCUT2D eigenvalue weighted by Crippen LogP contribution is 2.69. The maximum Gasteiger partial charge on any atom is 0.142 e. The SMILES string of the molecule is CC(C)C(C)C12CC[P+](C)(CC1)OC2. The first kappa shape index (κ1) is 10.9. The zero-order chi connectivity index (χ0) is 10.4. The predicted molar refractivity (Wildman–Crippen MR) is 64.2 cm³/mol. The summed E-state index contributed by atoms with van der Waals surface area (Å²) >= 11 is 0. The van der Waals surface area contributed by atoms with Gasteiger partial charge < -0.3 is 0 Å². The zero-order valence-electron chi connectivity index (χ0n) is 10.0. The van der Waals surface area contributed by atoms with Crippen molar-refractivity contribution < 1.29 is 4.52 Å². The number of rotatable bonds is 2. The lowest BCUT2D eigenvalue weighted by molar-refractivity contribution is 0.0247. The van der Waals surface area contributed by atoms with Crippen LogP contribution in [0.5, 0.6) is 0 Å². The van der Waals surface area contributed by atoms with Gasteiger partial charge in [0.1, 0.15) is 7.49 Å². The van der Waals surface area contributed by atoms with Crippen molar-refractivity contribution in [1.82, 2.24) is 0 Å². The van der Waals surface area contributed by atoms with E-state index in [0.29, 0.717) is 5.41 Å². The molecule has 14 heavy (non-hydrogen) atoms. The van der Waals surface area contributed by atoms with Crippen molar-refractivity contribution in [1.29, 1.82) is 0 Å². The minimum Gasteiger partial charge on any atom is -0.238 e. The largest absolute Gasteiger partial charge is 0.238 e. The minimum atomic E-state index is -0.891. The van der Waals surface area contributed by atoms with Crippen molar-refractivity contribution in [2.45, 2.75) is 33.6 Å². The molecule has 3 rings (SSSR count). The summed E-state index contributed by atoms with van der Waals surface area (Å²) in [6.45, 7) is 10.6. The van der Waals surface area contributed by atoms with Crippen LogP contribution in [0.2, 0.25) is 0 Å². The normalized spacial score (nSPS) is 44.4. The average Bonchev–Trinajstić information content (AvgIpc) is 2.18. The Morgan fingerprint density at radius 3 is 2.07 bits per heavy atom. The molecule has 1 nitrogen and oxygen atoms in total. The molecule has 3 heterocycles. The van der Waals surface area contributed by atoms with Crippen LogP contribution < -0.4 is 0 Å². The first-order valence-electron chi connectivity index (χ1n) is 5.97. The van der Waals surface area contributed by atoms with Crippen LogP contribution in [0.4, 0.5) is 0 Å². The molecule has 2 bridgehead atoms. The molecule has 82 valence electrons. The van der Waals surface area contributed by atoms with Gasteiger partial charge in [0.2, 0.25) is 0 Å². The van der Waals surface area contributed by atoms with E-state index in [0.717, 1.165) is 18.4 Å². The Kier molecular flexibility index (Phi) is 2.69. The van der Waals surface area contributed by atoms with Crippen LogP contribution in [0.3, 0.4) is 0 Å². The zero-order valence-corrected chi connectivity index (χ0v) is 10.9. The molecular formula is C12H24OP+. The highest BCUT2D eigenvalue weighted by molar-refractivity contribution is 7.70. The second-order valence-electron chi connectivity index (χ2n) is 5.91. The summed E-state index contributed by atoms with van der Waals surface area (Å²) in [4.78, 5) is 0. The lowest BCUT2D eigenvalue weighted by Crippen LogP contribution is -2.46. The molecule has 0 aliphatic carbocycles. The fourth-order valence-electron chi connectivity index (χ4n) is 3.01. The standard InChI is InChI=1S/C12H24OP/c1-10(2)11(3)12-5-7-14(4,8-6-12)13-9-12/h10-11H,5-9H2,1-4H3/q+1. The van der Waals surface area contributed by atoms with Gasteiger partial charge in [-0.25, -0.2) is 4.52 Å². The van der Waals surface area contributed by atoms with Crippen molar-refractivity contribution in [2.24, 2.45) is 17.3 Å². The second kappa shape index (κ2) is 3.46. The Hall–Kier alpha value is 0.390. The molecule has 3 aliphatic rings. The topological polar surface area (TPSA) is 9.23 Å². The number of hydrogen-bond donors (Lipinski definition) is 0. The van der Waals surface area contributed by atoms with Crippen LogP contribution in [0.25, 0.3) is 0 Å².